The van der Waals surface area contributed by atoms with Crippen LogP contribution in [0.3, 0.4) is 0 Å². The molecule has 2 aromatic rings. The molecular weight excluding hydrogens is 198 g/mol. The minimum atomic E-state index is -0.570. The van der Waals surface area contributed by atoms with E-state index in [0.717, 1.165) is 0 Å². The van der Waals surface area contributed by atoms with Gasteiger partial charge in [-0.05, 0) is 6.20 Å². The van der Waals surface area contributed by atoms with Crippen molar-refractivity contribution in [2.24, 2.45) is 5.73 Å². The monoisotopic (exact) mass is 207 g/mol. The lowest BCUT2D eigenvalue weighted by Crippen LogP contribution is -2.21. The first kappa shape index (κ1) is 9.25. The number of nitrogens with zero attached hydrogens (tertiary/aromatic N) is 1. The van der Waals surface area contributed by atoms with E-state index in [-0.39, 0.29) is 11.2 Å². The maximum absolute atomic E-state index is 11.3. The molecule has 2 rings (SSSR count). The van der Waals surface area contributed by atoms with Crippen LogP contribution in [0.15, 0.2) is 21.9 Å². The van der Waals surface area contributed by atoms with Crippen LogP contribution < -0.4 is 17.0 Å². The zero-order chi connectivity index (χ0) is 10.8. The highest BCUT2D eigenvalue weighted by Crippen LogP contribution is 2.01. The summed E-state index contributed by atoms with van der Waals surface area (Å²) in [5.74, 6) is 0.569. The van der Waals surface area contributed by atoms with Crippen LogP contribution in [0.1, 0.15) is 5.82 Å². The molecule has 5 N–H and O–H groups in total. The number of imidazole rings is 1. The van der Waals surface area contributed by atoms with E-state index in [1.54, 1.807) is 6.08 Å². The number of aromatic nitrogens is 4. The number of H-pyrrole nitrogens is 3. The zero-order valence-electron chi connectivity index (χ0n) is 7.70. The van der Waals surface area contributed by atoms with Crippen molar-refractivity contribution in [1.29, 1.82) is 0 Å². The first-order valence-corrected chi connectivity index (χ1v) is 4.28. The van der Waals surface area contributed by atoms with Crippen LogP contribution in [0.5, 0.6) is 0 Å². The lowest BCUT2D eigenvalue weighted by molar-refractivity contribution is 1.06. The van der Waals surface area contributed by atoms with Gasteiger partial charge in [0.15, 0.2) is 5.65 Å². The molecule has 0 unspecified atom stereocenters. The van der Waals surface area contributed by atoms with Crippen molar-refractivity contribution in [3.05, 3.63) is 38.9 Å². The number of hydrogen-bond acceptors (Lipinski definition) is 4. The molecule has 0 spiro atoms. The molecular formula is C8H9N5O2. The van der Waals surface area contributed by atoms with Gasteiger partial charge in [0.05, 0.1) is 0 Å². The molecule has 15 heavy (non-hydrogen) atoms. The zero-order valence-corrected chi connectivity index (χ0v) is 7.70. The standard InChI is InChI=1S/C8H9N5O2/c9-3-1-2-4-10-5-6(11-4)12-8(15)13-7(5)14/h1,3H,2,9H2,(H3,10,11,12,13,14,15). The third-order valence-corrected chi connectivity index (χ3v) is 1.89. The number of fused-ring (bicyclic) bond motifs is 1. The first-order valence-electron chi connectivity index (χ1n) is 4.28. The number of nitrogens with one attached hydrogen (secondary N) is 3. The quantitative estimate of drug-likeness (QED) is 0.502. The second-order valence-electron chi connectivity index (χ2n) is 2.95. The van der Waals surface area contributed by atoms with Crippen LogP contribution in [-0.2, 0) is 6.42 Å². The van der Waals surface area contributed by atoms with E-state index in [1.165, 1.54) is 6.20 Å². The van der Waals surface area contributed by atoms with Crippen LogP contribution in [0.2, 0.25) is 0 Å². The van der Waals surface area contributed by atoms with Crippen molar-refractivity contribution < 1.29 is 0 Å². The fourth-order valence-corrected chi connectivity index (χ4v) is 1.26. The Kier molecular flexibility index (Phi) is 2.13. The van der Waals surface area contributed by atoms with Crippen LogP contribution in [0.25, 0.3) is 11.2 Å². The average molecular weight is 207 g/mol. The number of allylic oxidation sites excluding steroid dienone is 1. The molecule has 0 aliphatic rings. The molecule has 7 nitrogen and oxygen atoms in total. The normalized spacial score (nSPS) is 11.5. The minimum absolute atomic E-state index is 0.254. The number of rotatable bonds is 2. The molecule has 7 heteroatoms. The first-order chi connectivity index (χ1) is 7.20. The highest BCUT2D eigenvalue weighted by atomic mass is 16.2. The van der Waals surface area contributed by atoms with Gasteiger partial charge in [0.1, 0.15) is 11.3 Å². The second-order valence-corrected chi connectivity index (χ2v) is 2.95. The van der Waals surface area contributed by atoms with E-state index < -0.39 is 11.2 Å². The topological polar surface area (TPSA) is 120 Å². The van der Waals surface area contributed by atoms with Gasteiger partial charge in [0.2, 0.25) is 0 Å². The summed E-state index contributed by atoms with van der Waals surface area (Å²) in [6.45, 7) is 0. The van der Waals surface area contributed by atoms with E-state index in [4.69, 9.17) is 5.73 Å². The van der Waals surface area contributed by atoms with Crippen molar-refractivity contribution in [3.8, 4) is 0 Å². The van der Waals surface area contributed by atoms with Gasteiger partial charge in [-0.25, -0.2) is 9.78 Å². The molecule has 0 saturated heterocycles. The third kappa shape index (κ3) is 1.66. The largest absolute Gasteiger partial charge is 0.405 e. The molecule has 0 aliphatic heterocycles. The Balaban J connectivity index is 2.60. The van der Waals surface area contributed by atoms with Gasteiger partial charge in [-0.1, -0.05) is 6.08 Å². The second kappa shape index (κ2) is 3.45. The van der Waals surface area contributed by atoms with Gasteiger partial charge < -0.3 is 10.7 Å². The molecule has 2 heterocycles. The lowest BCUT2D eigenvalue weighted by Gasteiger charge is -1.84. The molecule has 0 atom stereocenters. The number of aromatic amines is 3. The SMILES string of the molecule is NC=CCc1nc2[nH]c(=O)[nH]c(=O)c2[nH]1. The smallest absolute Gasteiger partial charge is 0.327 e. The van der Waals surface area contributed by atoms with Crippen LogP contribution in [0.4, 0.5) is 0 Å². The van der Waals surface area contributed by atoms with E-state index in [0.29, 0.717) is 12.2 Å². The number of nitrogens with two attached hydrogens (primary N) is 1. The van der Waals surface area contributed by atoms with Gasteiger partial charge in [0.25, 0.3) is 5.56 Å². The van der Waals surface area contributed by atoms with Crippen molar-refractivity contribution in [2.45, 2.75) is 6.42 Å². The van der Waals surface area contributed by atoms with E-state index in [1.807, 2.05) is 0 Å². The molecule has 0 aliphatic carbocycles. The summed E-state index contributed by atoms with van der Waals surface area (Å²) in [5.41, 5.74) is 4.64. The molecule has 0 radical (unpaired) electrons. The van der Waals surface area contributed by atoms with Crippen molar-refractivity contribution in [3.63, 3.8) is 0 Å². The van der Waals surface area contributed by atoms with Crippen molar-refractivity contribution in [2.75, 3.05) is 0 Å². The summed E-state index contributed by atoms with van der Waals surface area (Å²) in [4.78, 5) is 33.6. The fourth-order valence-electron chi connectivity index (χ4n) is 1.26. The number of hydrogen-bond donors (Lipinski definition) is 4. The molecule has 0 bridgehead atoms. The summed E-state index contributed by atoms with van der Waals surface area (Å²) < 4.78 is 0. The molecule has 0 saturated carbocycles. The molecule has 2 aromatic heterocycles. The van der Waals surface area contributed by atoms with Gasteiger partial charge >= 0.3 is 5.69 Å². The summed E-state index contributed by atoms with van der Waals surface area (Å²) in [6.07, 6.45) is 3.55. The van der Waals surface area contributed by atoms with Gasteiger partial charge in [-0.2, -0.15) is 0 Å². The predicted molar refractivity (Wildman–Crippen MR) is 54.4 cm³/mol. The molecule has 0 fully saturated rings. The lowest BCUT2D eigenvalue weighted by atomic mass is 10.4. The van der Waals surface area contributed by atoms with Gasteiger partial charge in [-0.3, -0.25) is 14.8 Å². The summed E-state index contributed by atoms with van der Waals surface area (Å²) >= 11 is 0. The van der Waals surface area contributed by atoms with Crippen LogP contribution in [0, 0.1) is 0 Å². The Bertz CT molecular complexity index is 618. The third-order valence-electron chi connectivity index (χ3n) is 1.89. The Labute approximate surface area is 83.0 Å². The summed E-state index contributed by atoms with van der Waals surface area (Å²) in [6, 6.07) is 0. The van der Waals surface area contributed by atoms with Crippen molar-refractivity contribution >= 4 is 11.2 Å². The van der Waals surface area contributed by atoms with E-state index in [2.05, 4.69) is 19.9 Å². The van der Waals surface area contributed by atoms with E-state index >= 15 is 0 Å². The minimum Gasteiger partial charge on any atom is -0.405 e. The Morgan fingerprint density at radius 3 is 2.80 bits per heavy atom. The predicted octanol–water partition coefficient (Wildman–Crippen LogP) is -1.05. The molecule has 0 aromatic carbocycles. The maximum atomic E-state index is 11.3. The highest BCUT2D eigenvalue weighted by molar-refractivity contribution is 5.68. The van der Waals surface area contributed by atoms with Crippen molar-refractivity contribution in [1.82, 2.24) is 19.9 Å². The average Bonchev–Trinajstić information content (AvgIpc) is 2.57. The Hall–Kier alpha value is -2.31. The fraction of sp³-hybridized carbons (Fsp3) is 0.125. The Morgan fingerprint density at radius 1 is 1.27 bits per heavy atom. The van der Waals surface area contributed by atoms with Crippen LogP contribution in [-0.4, -0.2) is 19.9 Å². The highest BCUT2D eigenvalue weighted by Gasteiger charge is 2.05. The van der Waals surface area contributed by atoms with Gasteiger partial charge in [-0.15, -0.1) is 0 Å². The van der Waals surface area contributed by atoms with Gasteiger partial charge in [0, 0.05) is 6.42 Å². The molecule has 78 valence electrons. The maximum Gasteiger partial charge on any atom is 0.327 e. The van der Waals surface area contributed by atoms with Crippen LogP contribution >= 0.6 is 0 Å². The Morgan fingerprint density at radius 2 is 2.07 bits per heavy atom. The van der Waals surface area contributed by atoms with E-state index in [9.17, 15) is 9.59 Å². The summed E-state index contributed by atoms with van der Waals surface area (Å²) in [7, 11) is 0. The molecule has 0 amide bonds. The summed E-state index contributed by atoms with van der Waals surface area (Å²) in [5, 5.41) is 0.